The minimum Gasteiger partial charge on any atom is -0.454 e. The molecule has 160 valence electrons. The molecule has 0 atom stereocenters. The largest absolute Gasteiger partial charge is 0.454 e. The Balaban J connectivity index is 1.40. The lowest BCUT2D eigenvalue weighted by atomic mass is 10.0. The molecule has 32 heavy (non-hydrogen) atoms. The van der Waals surface area contributed by atoms with E-state index < -0.39 is 5.97 Å². The zero-order chi connectivity index (χ0) is 22.4. The summed E-state index contributed by atoms with van der Waals surface area (Å²) in [4.78, 5) is 25.4. The van der Waals surface area contributed by atoms with Gasteiger partial charge in [0, 0.05) is 6.07 Å². The van der Waals surface area contributed by atoms with Crippen molar-refractivity contribution in [1.29, 1.82) is 0 Å². The molecule has 0 radical (unpaired) electrons. The first-order valence-corrected chi connectivity index (χ1v) is 10.3. The van der Waals surface area contributed by atoms with E-state index in [2.05, 4.69) is 0 Å². The van der Waals surface area contributed by atoms with Gasteiger partial charge in [-0.3, -0.25) is 4.79 Å². The summed E-state index contributed by atoms with van der Waals surface area (Å²) < 4.78 is 21.8. The Morgan fingerprint density at radius 2 is 1.78 bits per heavy atom. The highest BCUT2D eigenvalue weighted by atomic mass is 35.5. The van der Waals surface area contributed by atoms with Gasteiger partial charge in [0.2, 0.25) is 12.6 Å². The highest BCUT2D eigenvalue weighted by Gasteiger charge is 2.30. The van der Waals surface area contributed by atoms with Crippen LogP contribution in [0.2, 0.25) is 10.0 Å². The van der Waals surface area contributed by atoms with Gasteiger partial charge in [-0.15, -0.1) is 0 Å². The van der Waals surface area contributed by atoms with Crippen LogP contribution in [0.1, 0.15) is 31.8 Å². The van der Waals surface area contributed by atoms with Crippen LogP contribution >= 0.6 is 23.2 Å². The van der Waals surface area contributed by atoms with Crippen molar-refractivity contribution in [2.24, 2.45) is 0 Å². The molecule has 5 rings (SSSR count). The normalized spacial score (nSPS) is 15.0. The first kappa shape index (κ1) is 20.4. The quantitative estimate of drug-likeness (QED) is 0.272. The molecular weight excluding hydrogens is 455 g/mol. The minimum absolute atomic E-state index is 0.112. The maximum Gasteiger partial charge on any atom is 0.343 e. The van der Waals surface area contributed by atoms with Gasteiger partial charge < -0.3 is 18.9 Å². The van der Waals surface area contributed by atoms with Gasteiger partial charge in [-0.25, -0.2) is 4.79 Å². The first-order chi connectivity index (χ1) is 15.4. The molecule has 0 aromatic heterocycles. The maximum absolute atomic E-state index is 12.9. The molecule has 6 nitrogen and oxygen atoms in total. The van der Waals surface area contributed by atoms with Gasteiger partial charge in [0.1, 0.15) is 11.5 Å². The average Bonchev–Trinajstić information content (AvgIpc) is 3.34. The Morgan fingerprint density at radius 3 is 2.59 bits per heavy atom. The number of hydrogen-bond acceptors (Lipinski definition) is 6. The van der Waals surface area contributed by atoms with Gasteiger partial charge >= 0.3 is 5.97 Å². The molecule has 8 heteroatoms. The summed E-state index contributed by atoms with van der Waals surface area (Å²) in [5, 5.41) is 0.790. The molecule has 0 bridgehead atoms. The number of carbonyl (C=O) groups excluding carboxylic acids is 2. The van der Waals surface area contributed by atoms with Crippen molar-refractivity contribution in [3.05, 3.63) is 86.6 Å². The van der Waals surface area contributed by atoms with E-state index in [4.69, 9.17) is 42.1 Å². The lowest BCUT2D eigenvalue weighted by Gasteiger charge is -2.08. The number of hydrogen-bond donors (Lipinski definition) is 0. The van der Waals surface area contributed by atoms with Crippen molar-refractivity contribution in [2.75, 3.05) is 6.79 Å². The molecule has 3 aromatic carbocycles. The third kappa shape index (κ3) is 3.68. The molecule has 3 aromatic rings. The fourth-order valence-electron chi connectivity index (χ4n) is 3.48. The standard InChI is InChI=1S/C24H14Cl2O6/c1-12-6-15(31-24(28)14-3-5-18-19(9-14)30-11-29-18)10-20-22(12)23(27)21(32-20)8-13-2-4-16(25)17(26)7-13/h2-10H,11H2,1H3/b21-8-. The van der Waals surface area contributed by atoms with E-state index in [9.17, 15) is 9.59 Å². The minimum atomic E-state index is -0.571. The van der Waals surface area contributed by atoms with Gasteiger partial charge in [0.05, 0.1) is 21.2 Å². The summed E-state index contributed by atoms with van der Waals surface area (Å²) in [6.07, 6.45) is 1.59. The van der Waals surface area contributed by atoms with Crippen molar-refractivity contribution in [2.45, 2.75) is 6.92 Å². The van der Waals surface area contributed by atoms with Crippen molar-refractivity contribution < 1.29 is 28.5 Å². The number of benzene rings is 3. The third-order valence-electron chi connectivity index (χ3n) is 5.00. The SMILES string of the molecule is Cc1cc(OC(=O)c2ccc3c(c2)OCO3)cc2c1C(=O)/C(=C/c1ccc(Cl)c(Cl)c1)O2. The highest BCUT2D eigenvalue weighted by molar-refractivity contribution is 6.42. The Kier molecular flexibility index (Phi) is 5.04. The van der Waals surface area contributed by atoms with E-state index in [1.807, 2.05) is 0 Å². The van der Waals surface area contributed by atoms with Crippen molar-refractivity contribution >= 4 is 41.0 Å². The Bertz CT molecular complexity index is 1330. The van der Waals surface area contributed by atoms with Crippen LogP contribution in [0.15, 0.2) is 54.3 Å². The predicted molar refractivity (Wildman–Crippen MR) is 118 cm³/mol. The molecule has 0 fully saturated rings. The number of Topliss-reactive ketones (excluding diaryl/α,β-unsaturated/α-hetero) is 1. The van der Waals surface area contributed by atoms with Crippen molar-refractivity contribution in [3.63, 3.8) is 0 Å². The Labute approximate surface area is 192 Å². The molecule has 0 amide bonds. The van der Waals surface area contributed by atoms with Gasteiger partial charge in [-0.1, -0.05) is 29.3 Å². The Hall–Kier alpha value is -3.48. The summed E-state index contributed by atoms with van der Waals surface area (Å²) in [5.74, 6) is 0.928. The second-order valence-electron chi connectivity index (χ2n) is 7.18. The second kappa shape index (κ2) is 7.89. The average molecular weight is 469 g/mol. The summed E-state index contributed by atoms with van der Waals surface area (Å²) in [6, 6.07) is 12.9. The first-order valence-electron chi connectivity index (χ1n) is 9.55. The van der Waals surface area contributed by atoms with Crippen molar-refractivity contribution in [1.82, 2.24) is 0 Å². The van der Waals surface area contributed by atoms with E-state index in [0.29, 0.717) is 49.5 Å². The molecule has 0 saturated heterocycles. The summed E-state index contributed by atoms with van der Waals surface area (Å²) in [6.45, 7) is 1.86. The van der Waals surface area contributed by atoms with Crippen LogP contribution in [0.3, 0.4) is 0 Å². The number of ketones is 1. The summed E-state index contributed by atoms with van der Waals surface area (Å²) in [5.41, 5.74) is 2.02. The maximum atomic E-state index is 12.9. The van der Waals surface area contributed by atoms with E-state index >= 15 is 0 Å². The lowest BCUT2D eigenvalue weighted by Crippen LogP contribution is -2.08. The molecule has 2 aliphatic heterocycles. The summed E-state index contributed by atoms with van der Waals surface area (Å²) in [7, 11) is 0. The van der Waals surface area contributed by atoms with Crippen LogP contribution in [0.5, 0.6) is 23.0 Å². The third-order valence-corrected chi connectivity index (χ3v) is 5.74. The fourth-order valence-corrected chi connectivity index (χ4v) is 3.79. The highest BCUT2D eigenvalue weighted by Crippen LogP contribution is 2.38. The van der Waals surface area contributed by atoms with Crippen LogP contribution in [-0.2, 0) is 0 Å². The fraction of sp³-hybridized carbons (Fsp3) is 0.0833. The topological polar surface area (TPSA) is 71.1 Å². The number of carbonyl (C=O) groups is 2. The van der Waals surface area contributed by atoms with Crippen LogP contribution in [-0.4, -0.2) is 18.5 Å². The van der Waals surface area contributed by atoms with Crippen molar-refractivity contribution in [3.8, 4) is 23.0 Å². The zero-order valence-electron chi connectivity index (χ0n) is 16.6. The molecule has 0 unspecified atom stereocenters. The molecule has 0 aliphatic carbocycles. The van der Waals surface area contributed by atoms with E-state index in [1.54, 1.807) is 55.5 Å². The van der Waals surface area contributed by atoms with Gasteiger partial charge in [0.15, 0.2) is 17.3 Å². The monoisotopic (exact) mass is 468 g/mol. The Morgan fingerprint density at radius 1 is 0.969 bits per heavy atom. The van der Waals surface area contributed by atoms with Crippen LogP contribution in [0, 0.1) is 6.92 Å². The molecule has 2 aliphatic rings. The second-order valence-corrected chi connectivity index (χ2v) is 8.00. The molecular formula is C24H14Cl2O6. The smallest absolute Gasteiger partial charge is 0.343 e. The van der Waals surface area contributed by atoms with Crippen LogP contribution in [0.25, 0.3) is 6.08 Å². The number of allylic oxidation sites excluding steroid dienone is 1. The molecule has 2 heterocycles. The van der Waals surface area contributed by atoms with E-state index in [1.165, 1.54) is 6.07 Å². The predicted octanol–water partition coefficient (Wildman–Crippen LogP) is 5.87. The molecule has 0 spiro atoms. The lowest BCUT2D eigenvalue weighted by molar-refractivity contribution is 0.0734. The van der Waals surface area contributed by atoms with Crippen LogP contribution < -0.4 is 18.9 Å². The number of aryl methyl sites for hydroxylation is 1. The van der Waals surface area contributed by atoms with Gasteiger partial charge in [0.25, 0.3) is 0 Å². The number of rotatable bonds is 3. The van der Waals surface area contributed by atoms with Gasteiger partial charge in [-0.05, 0) is 60.5 Å². The zero-order valence-corrected chi connectivity index (χ0v) is 18.1. The van der Waals surface area contributed by atoms with E-state index in [0.717, 1.165) is 0 Å². The van der Waals surface area contributed by atoms with Gasteiger partial charge in [-0.2, -0.15) is 0 Å². The number of fused-ring (bicyclic) bond motifs is 2. The number of esters is 1. The van der Waals surface area contributed by atoms with Crippen LogP contribution in [0.4, 0.5) is 0 Å². The number of halogens is 2. The summed E-state index contributed by atoms with van der Waals surface area (Å²) >= 11 is 12.0. The molecule has 0 saturated carbocycles. The number of ether oxygens (including phenoxy) is 4. The molecule has 0 N–H and O–H groups in total. The van der Waals surface area contributed by atoms with E-state index in [-0.39, 0.29) is 24.1 Å².